The molecule has 1 aliphatic carbocycles. The van der Waals surface area contributed by atoms with Gasteiger partial charge < -0.3 is 19.7 Å². The van der Waals surface area contributed by atoms with Crippen molar-refractivity contribution >= 4 is 11.6 Å². The van der Waals surface area contributed by atoms with Gasteiger partial charge in [0.05, 0.1) is 11.0 Å². The molecular weight excluding hydrogens is 364 g/mol. The van der Waals surface area contributed by atoms with Gasteiger partial charge in [0.25, 0.3) is 0 Å². The molecule has 1 aromatic rings. The summed E-state index contributed by atoms with van der Waals surface area (Å²) < 4.78 is 5.18. The summed E-state index contributed by atoms with van der Waals surface area (Å²) in [7, 11) is 0. The highest BCUT2D eigenvalue weighted by Crippen LogP contribution is 2.40. The molecule has 3 N–H and O–H groups in total. The van der Waals surface area contributed by atoms with Crippen molar-refractivity contribution in [3.8, 4) is 5.75 Å². The van der Waals surface area contributed by atoms with E-state index >= 15 is 0 Å². The summed E-state index contributed by atoms with van der Waals surface area (Å²) in [6.07, 6.45) is 1.36. The Morgan fingerprint density at radius 2 is 1.75 bits per heavy atom. The second kappa shape index (κ2) is 8.04. The normalized spacial score (nSPS) is 16.6. The van der Waals surface area contributed by atoms with E-state index in [2.05, 4.69) is 0 Å². The van der Waals surface area contributed by atoms with Gasteiger partial charge in [-0.15, -0.1) is 0 Å². The third-order valence-electron chi connectivity index (χ3n) is 4.88. The highest BCUT2D eigenvalue weighted by molar-refractivity contribution is 6.24. The lowest BCUT2D eigenvalue weighted by molar-refractivity contribution is -0.127. The Hall–Kier alpha value is -2.83. The number of aliphatic hydroxyl groups excluding tert-OH is 2. The zero-order valence-corrected chi connectivity index (χ0v) is 16.6. The van der Waals surface area contributed by atoms with Crippen LogP contribution in [0.1, 0.15) is 58.3 Å². The largest absolute Gasteiger partial charge is 0.511 e. The number of Topliss-reactive ketones (excluding diaryl/α,β-unsaturated/α-hetero) is 2. The molecule has 0 saturated heterocycles. The zero-order valence-electron chi connectivity index (χ0n) is 16.6. The van der Waals surface area contributed by atoms with Crippen molar-refractivity contribution < 1.29 is 29.3 Å². The van der Waals surface area contributed by atoms with Crippen molar-refractivity contribution in [1.82, 2.24) is 0 Å². The third-order valence-corrected chi connectivity index (χ3v) is 4.88. The smallest absolute Gasteiger partial charge is 0.343 e. The lowest BCUT2D eigenvalue weighted by atomic mass is 9.73. The topological polar surface area (TPSA) is 125 Å². The van der Waals surface area contributed by atoms with E-state index in [-0.39, 0.29) is 35.3 Å². The van der Waals surface area contributed by atoms with E-state index in [1.54, 1.807) is 6.92 Å². The Morgan fingerprint density at radius 3 is 2.29 bits per heavy atom. The Labute approximate surface area is 163 Å². The van der Waals surface area contributed by atoms with E-state index in [9.17, 15) is 29.7 Å². The molecule has 0 fully saturated rings. The fourth-order valence-corrected chi connectivity index (χ4v) is 3.21. The number of hydrogen-bond acceptors (Lipinski definition) is 7. The van der Waals surface area contributed by atoms with Crippen LogP contribution in [0.5, 0.6) is 5.75 Å². The van der Waals surface area contributed by atoms with Gasteiger partial charge in [0.1, 0.15) is 28.6 Å². The quantitative estimate of drug-likeness (QED) is 0.609. The number of aromatic hydroxyl groups is 1. The van der Waals surface area contributed by atoms with Gasteiger partial charge in [-0.3, -0.25) is 9.59 Å². The summed E-state index contributed by atoms with van der Waals surface area (Å²) in [6, 6.07) is 1.32. The molecule has 0 aliphatic heterocycles. The number of ketones is 2. The van der Waals surface area contributed by atoms with Crippen molar-refractivity contribution in [2.24, 2.45) is 5.41 Å². The Morgan fingerprint density at radius 1 is 1.11 bits per heavy atom. The first-order valence-corrected chi connectivity index (χ1v) is 9.35. The van der Waals surface area contributed by atoms with E-state index in [4.69, 9.17) is 4.42 Å². The van der Waals surface area contributed by atoms with Crippen LogP contribution >= 0.6 is 0 Å². The Kier molecular flexibility index (Phi) is 6.17. The van der Waals surface area contributed by atoms with Crippen LogP contribution in [-0.4, -0.2) is 26.9 Å². The molecule has 0 spiro atoms. The number of carbonyl (C=O) groups excluding carboxylic acids is 2. The van der Waals surface area contributed by atoms with Crippen LogP contribution in [0.25, 0.3) is 0 Å². The fraction of sp³-hybridized carbons (Fsp3) is 0.476. The van der Waals surface area contributed by atoms with Crippen LogP contribution < -0.4 is 5.63 Å². The molecule has 1 heterocycles. The predicted octanol–water partition coefficient (Wildman–Crippen LogP) is 3.44. The van der Waals surface area contributed by atoms with Crippen molar-refractivity contribution in [3.63, 3.8) is 0 Å². The van der Waals surface area contributed by atoms with Crippen molar-refractivity contribution in [2.45, 2.75) is 59.8 Å². The first kappa shape index (κ1) is 21.5. The van der Waals surface area contributed by atoms with E-state index < -0.39 is 34.1 Å². The number of rotatable bonds is 7. The number of hydrogen-bond donors (Lipinski definition) is 3. The summed E-state index contributed by atoms with van der Waals surface area (Å²) in [5.41, 5.74) is -2.94. The standard InChI is InChI=1S/C21H26O7/c1-5-7-11-9-15(23)12(20(27)28-11)10-13-17(24)16(14(22)8-6-2)19(26)21(3,4)18(13)25/h9,23-25H,5-8,10H2,1-4H3. The average molecular weight is 390 g/mol. The average Bonchev–Trinajstić information content (AvgIpc) is 2.60. The molecule has 0 saturated carbocycles. The molecule has 0 aromatic carbocycles. The third kappa shape index (κ3) is 3.74. The van der Waals surface area contributed by atoms with Crippen molar-refractivity contribution in [1.29, 1.82) is 0 Å². The summed E-state index contributed by atoms with van der Waals surface area (Å²) in [5, 5.41) is 31.4. The molecule has 0 atom stereocenters. The van der Waals surface area contributed by atoms with Crippen LogP contribution in [-0.2, 0) is 22.4 Å². The van der Waals surface area contributed by atoms with E-state index in [1.165, 1.54) is 19.9 Å². The van der Waals surface area contributed by atoms with Gasteiger partial charge in [-0.05, 0) is 26.7 Å². The minimum absolute atomic E-state index is 0.0638. The molecule has 152 valence electrons. The van der Waals surface area contributed by atoms with Gasteiger partial charge in [0.15, 0.2) is 11.6 Å². The van der Waals surface area contributed by atoms with Crippen molar-refractivity contribution in [3.05, 3.63) is 50.5 Å². The highest BCUT2D eigenvalue weighted by Gasteiger charge is 2.45. The van der Waals surface area contributed by atoms with Crippen LogP contribution in [0.2, 0.25) is 0 Å². The maximum absolute atomic E-state index is 12.7. The van der Waals surface area contributed by atoms with Crippen LogP contribution in [0, 0.1) is 5.41 Å². The molecule has 7 heteroatoms. The maximum Gasteiger partial charge on any atom is 0.343 e. The molecule has 1 aromatic heterocycles. The minimum atomic E-state index is -1.45. The van der Waals surface area contributed by atoms with E-state index in [0.29, 0.717) is 18.6 Å². The monoisotopic (exact) mass is 390 g/mol. The minimum Gasteiger partial charge on any atom is -0.511 e. The lowest BCUT2D eigenvalue weighted by Gasteiger charge is -2.31. The Balaban J connectivity index is 2.60. The molecule has 0 bridgehead atoms. The van der Waals surface area contributed by atoms with Gasteiger partial charge in [-0.25, -0.2) is 4.79 Å². The van der Waals surface area contributed by atoms with Crippen molar-refractivity contribution in [2.75, 3.05) is 0 Å². The summed E-state index contributed by atoms with van der Waals surface area (Å²) >= 11 is 0. The lowest BCUT2D eigenvalue weighted by Crippen LogP contribution is -2.37. The Bertz CT molecular complexity index is 929. The van der Waals surface area contributed by atoms with Gasteiger partial charge >= 0.3 is 5.63 Å². The maximum atomic E-state index is 12.7. The van der Waals surface area contributed by atoms with Gasteiger partial charge in [0, 0.05) is 30.9 Å². The fourth-order valence-electron chi connectivity index (χ4n) is 3.21. The van der Waals surface area contributed by atoms with Crippen LogP contribution in [0.3, 0.4) is 0 Å². The molecule has 0 radical (unpaired) electrons. The van der Waals surface area contributed by atoms with Gasteiger partial charge in [0.2, 0.25) is 0 Å². The summed E-state index contributed by atoms with van der Waals surface area (Å²) in [4.78, 5) is 37.4. The number of aliphatic hydroxyl groups is 2. The van der Waals surface area contributed by atoms with E-state index in [1.807, 2.05) is 6.92 Å². The number of carbonyl (C=O) groups is 2. The summed E-state index contributed by atoms with van der Waals surface area (Å²) in [5.74, 6) is -2.32. The molecular formula is C21H26O7. The molecule has 0 amide bonds. The molecule has 1 aliphatic rings. The molecule has 28 heavy (non-hydrogen) atoms. The first-order chi connectivity index (χ1) is 13.1. The second-order valence-corrected chi connectivity index (χ2v) is 7.47. The first-order valence-electron chi connectivity index (χ1n) is 9.35. The SMILES string of the molecule is CCCC(=O)C1=C(O)C(Cc2c(O)cc(CCC)oc2=O)=C(O)C(C)(C)C1=O. The van der Waals surface area contributed by atoms with E-state index in [0.717, 1.165) is 6.42 Å². The van der Waals surface area contributed by atoms with Gasteiger partial charge in [-0.1, -0.05) is 13.8 Å². The zero-order chi connectivity index (χ0) is 21.2. The van der Waals surface area contributed by atoms with Crippen LogP contribution in [0.4, 0.5) is 0 Å². The highest BCUT2D eigenvalue weighted by atomic mass is 16.4. The molecule has 7 nitrogen and oxygen atoms in total. The molecule has 2 rings (SSSR count). The summed E-state index contributed by atoms with van der Waals surface area (Å²) in [6.45, 7) is 6.53. The molecule has 0 unspecified atom stereocenters. The predicted molar refractivity (Wildman–Crippen MR) is 102 cm³/mol. The van der Waals surface area contributed by atoms with Crippen LogP contribution in [0.15, 0.2) is 37.9 Å². The second-order valence-electron chi connectivity index (χ2n) is 7.47. The van der Waals surface area contributed by atoms with Gasteiger partial charge in [-0.2, -0.15) is 0 Å². The number of aryl methyl sites for hydroxylation is 1. The number of allylic oxidation sites excluding steroid dienone is 3.